The van der Waals surface area contributed by atoms with Gasteiger partial charge in [0.15, 0.2) is 5.11 Å². The molecule has 2 atom stereocenters. The highest BCUT2D eigenvalue weighted by Gasteiger charge is 2.51. The first-order valence-electron chi connectivity index (χ1n) is 10.7. The van der Waals surface area contributed by atoms with Crippen LogP contribution in [0.3, 0.4) is 0 Å². The second kappa shape index (κ2) is 10.4. The van der Waals surface area contributed by atoms with Crippen LogP contribution < -0.4 is 10.6 Å². The second-order valence-corrected chi connectivity index (χ2v) is 10.4. The number of carbonyl (C=O) groups excluding carboxylic acids is 2. The minimum Gasteiger partial charge on any atom is -0.444 e. The fourth-order valence-corrected chi connectivity index (χ4v) is 4.58. The number of aliphatic hydroxyl groups is 1. The van der Waals surface area contributed by atoms with Crippen molar-refractivity contribution in [2.75, 3.05) is 19.7 Å². The highest BCUT2D eigenvalue weighted by atomic mass is 79.9. The molecule has 1 saturated heterocycles. The number of rotatable bonds is 4. The van der Waals surface area contributed by atoms with E-state index >= 15 is 4.39 Å². The Morgan fingerprint density at radius 2 is 1.94 bits per heavy atom. The Bertz CT molecular complexity index is 1080. The molecule has 182 valence electrons. The van der Waals surface area contributed by atoms with Crippen molar-refractivity contribution in [3.8, 4) is 0 Å². The maximum atomic E-state index is 15.1. The molecule has 1 fully saturated rings. The molecule has 7 nitrogen and oxygen atoms in total. The van der Waals surface area contributed by atoms with E-state index in [0.29, 0.717) is 10.0 Å². The number of hydrogen-bond donors (Lipinski definition) is 3. The third-order valence-electron chi connectivity index (χ3n) is 5.46. The maximum Gasteiger partial charge on any atom is 0.410 e. The molecule has 2 amide bonds. The van der Waals surface area contributed by atoms with Gasteiger partial charge in [0.1, 0.15) is 11.4 Å². The average molecular weight is 552 g/mol. The number of hydrogen-bond acceptors (Lipinski definition) is 5. The number of nitrogens with one attached hydrogen (secondary N) is 2. The van der Waals surface area contributed by atoms with E-state index in [9.17, 15) is 14.7 Å². The molecular weight excluding hydrogens is 525 g/mol. The van der Waals surface area contributed by atoms with Crippen LogP contribution in [0.15, 0.2) is 53.0 Å². The van der Waals surface area contributed by atoms with E-state index in [1.807, 2.05) is 0 Å². The number of nitrogens with zero attached hydrogens (tertiary/aromatic N) is 1. The highest BCUT2D eigenvalue weighted by molar-refractivity contribution is 9.10. The molecule has 0 bridgehead atoms. The molecule has 0 saturated carbocycles. The largest absolute Gasteiger partial charge is 0.444 e. The van der Waals surface area contributed by atoms with Gasteiger partial charge in [-0.1, -0.05) is 34.1 Å². The van der Waals surface area contributed by atoms with Crippen LogP contribution in [0.4, 0.5) is 9.18 Å². The molecule has 1 heterocycles. The van der Waals surface area contributed by atoms with Crippen LogP contribution in [0.25, 0.3) is 0 Å². The van der Waals surface area contributed by atoms with Crippen molar-refractivity contribution in [2.45, 2.75) is 31.9 Å². The molecule has 2 aromatic rings. The first-order chi connectivity index (χ1) is 15.9. The van der Waals surface area contributed by atoms with E-state index in [1.54, 1.807) is 63.2 Å². The van der Waals surface area contributed by atoms with Crippen molar-refractivity contribution >= 4 is 45.3 Å². The molecule has 1 aliphatic rings. The van der Waals surface area contributed by atoms with E-state index in [1.165, 1.54) is 11.0 Å². The van der Waals surface area contributed by atoms with Crippen molar-refractivity contribution < 1.29 is 23.8 Å². The highest BCUT2D eigenvalue weighted by Crippen LogP contribution is 2.40. The van der Waals surface area contributed by atoms with Crippen LogP contribution in [0.2, 0.25) is 0 Å². The minimum atomic E-state index is -1.32. The summed E-state index contributed by atoms with van der Waals surface area (Å²) in [5.74, 6) is -1.63. The number of carbonyl (C=O) groups is 2. The van der Waals surface area contributed by atoms with Gasteiger partial charge < -0.3 is 20.1 Å². The Kier molecular flexibility index (Phi) is 7.95. The first-order valence-corrected chi connectivity index (χ1v) is 11.9. The SMILES string of the molecule is CC(C)(C)OC(=O)N1C[C@@H](CO)[C@](NC(=S)NC(=O)c2ccccc2)(c2cc(Br)ccc2F)C1. The summed E-state index contributed by atoms with van der Waals surface area (Å²) in [7, 11) is 0. The molecule has 3 N–H and O–H groups in total. The lowest BCUT2D eigenvalue weighted by Gasteiger charge is -2.36. The maximum absolute atomic E-state index is 15.1. The number of halogens is 2. The van der Waals surface area contributed by atoms with Crippen LogP contribution in [0.1, 0.15) is 36.7 Å². The van der Waals surface area contributed by atoms with E-state index in [-0.39, 0.29) is 30.4 Å². The quantitative estimate of drug-likeness (QED) is 0.498. The van der Waals surface area contributed by atoms with Gasteiger partial charge in [-0.25, -0.2) is 9.18 Å². The molecule has 34 heavy (non-hydrogen) atoms. The summed E-state index contributed by atoms with van der Waals surface area (Å²) >= 11 is 8.78. The lowest BCUT2D eigenvalue weighted by molar-refractivity contribution is 0.0277. The standard InChI is InChI=1S/C24H27BrFN3O4S/c1-23(2,3)33-22(32)29-12-16(13-30)24(14-29,18-11-17(25)9-10-19(18)26)28-21(34)27-20(31)15-7-5-4-6-8-15/h4-11,16,30H,12-14H2,1-3H3,(H2,27,28,31,34)/t16-,24-/m0/s1. The molecule has 3 rings (SSSR count). The van der Waals surface area contributed by atoms with Gasteiger partial charge in [0, 0.05) is 28.1 Å². The molecule has 0 spiro atoms. The van der Waals surface area contributed by atoms with Gasteiger partial charge in [0.2, 0.25) is 0 Å². The number of aliphatic hydroxyl groups excluding tert-OH is 1. The van der Waals surface area contributed by atoms with Gasteiger partial charge in [-0.3, -0.25) is 10.1 Å². The van der Waals surface area contributed by atoms with E-state index in [0.717, 1.165) is 0 Å². The van der Waals surface area contributed by atoms with Crippen LogP contribution in [-0.2, 0) is 10.3 Å². The van der Waals surface area contributed by atoms with Crippen LogP contribution in [0, 0.1) is 11.7 Å². The summed E-state index contributed by atoms with van der Waals surface area (Å²) in [6.07, 6.45) is -0.593. The van der Waals surface area contributed by atoms with Gasteiger partial charge in [0.05, 0.1) is 18.7 Å². The molecule has 0 unspecified atom stereocenters. The Balaban J connectivity index is 1.96. The Morgan fingerprint density at radius 1 is 1.26 bits per heavy atom. The predicted molar refractivity (Wildman–Crippen MR) is 134 cm³/mol. The van der Waals surface area contributed by atoms with Crippen molar-refractivity contribution in [3.05, 3.63) is 69.9 Å². The predicted octanol–water partition coefficient (Wildman–Crippen LogP) is 3.95. The molecule has 1 aliphatic heterocycles. The molecule has 0 aromatic heterocycles. The van der Waals surface area contributed by atoms with Crippen LogP contribution in [-0.4, -0.2) is 52.4 Å². The molecule has 10 heteroatoms. The summed E-state index contributed by atoms with van der Waals surface area (Å²) in [5, 5.41) is 15.9. The van der Waals surface area contributed by atoms with Crippen molar-refractivity contribution in [3.63, 3.8) is 0 Å². The summed E-state index contributed by atoms with van der Waals surface area (Å²) in [6.45, 7) is 4.93. The Hall–Kier alpha value is -2.56. The van der Waals surface area contributed by atoms with Crippen molar-refractivity contribution in [1.29, 1.82) is 0 Å². The van der Waals surface area contributed by atoms with Gasteiger partial charge in [-0.2, -0.15) is 0 Å². The molecule has 0 aliphatic carbocycles. The zero-order chi connectivity index (χ0) is 25.1. The second-order valence-electron chi connectivity index (χ2n) is 9.11. The van der Waals surface area contributed by atoms with Crippen LogP contribution in [0.5, 0.6) is 0 Å². The Morgan fingerprint density at radius 3 is 2.56 bits per heavy atom. The van der Waals surface area contributed by atoms with Crippen molar-refractivity contribution in [1.82, 2.24) is 15.5 Å². The minimum absolute atomic E-state index is 0.0398. The van der Waals surface area contributed by atoms with E-state index < -0.39 is 34.9 Å². The fourth-order valence-electron chi connectivity index (χ4n) is 3.95. The van der Waals surface area contributed by atoms with E-state index in [4.69, 9.17) is 17.0 Å². The molecule has 2 aromatic carbocycles. The van der Waals surface area contributed by atoms with Crippen LogP contribution >= 0.6 is 28.1 Å². The Labute approximate surface area is 211 Å². The average Bonchev–Trinajstić information content (AvgIpc) is 3.14. The first kappa shape index (κ1) is 26.1. The van der Waals surface area contributed by atoms with Crippen molar-refractivity contribution in [2.24, 2.45) is 5.92 Å². The van der Waals surface area contributed by atoms with Gasteiger partial charge in [0.25, 0.3) is 5.91 Å². The molecular formula is C24H27BrFN3O4S. The van der Waals surface area contributed by atoms with Gasteiger partial charge in [-0.15, -0.1) is 0 Å². The lowest BCUT2D eigenvalue weighted by Crippen LogP contribution is -2.56. The topological polar surface area (TPSA) is 90.9 Å². The van der Waals surface area contributed by atoms with Gasteiger partial charge in [-0.05, 0) is 63.3 Å². The lowest BCUT2D eigenvalue weighted by atomic mass is 9.80. The summed E-state index contributed by atoms with van der Waals surface area (Å²) in [4.78, 5) is 26.9. The number of likely N-dealkylation sites (tertiary alicyclic amines) is 1. The zero-order valence-electron chi connectivity index (χ0n) is 19.1. The fraction of sp³-hybridized carbons (Fsp3) is 0.375. The van der Waals surface area contributed by atoms with Gasteiger partial charge >= 0.3 is 6.09 Å². The third kappa shape index (κ3) is 5.92. The third-order valence-corrected chi connectivity index (χ3v) is 6.16. The monoisotopic (exact) mass is 551 g/mol. The number of benzene rings is 2. The zero-order valence-corrected chi connectivity index (χ0v) is 21.5. The number of amides is 2. The number of ether oxygens (including phenoxy) is 1. The van der Waals surface area contributed by atoms with E-state index in [2.05, 4.69) is 26.6 Å². The smallest absolute Gasteiger partial charge is 0.410 e. The normalized spacial score (nSPS) is 20.1. The summed E-state index contributed by atoms with van der Waals surface area (Å²) < 4.78 is 21.3. The summed E-state index contributed by atoms with van der Waals surface area (Å²) in [5.41, 5.74) is -1.46. The number of thiocarbonyl (C=S) groups is 1. The molecule has 0 radical (unpaired) electrons. The summed E-state index contributed by atoms with van der Waals surface area (Å²) in [6, 6.07) is 12.9.